The third kappa shape index (κ3) is 5.05. The summed E-state index contributed by atoms with van der Waals surface area (Å²) in [4.78, 5) is 29.7. The minimum absolute atomic E-state index is 0.0363. The fourth-order valence-electron chi connectivity index (χ4n) is 7.95. The number of aliphatic hydroxyl groups is 1. The summed E-state index contributed by atoms with van der Waals surface area (Å²) in [5.41, 5.74) is 0.629. The zero-order valence-corrected chi connectivity index (χ0v) is 24.8. The average Bonchev–Trinajstić information content (AvgIpc) is 3.64. The molecule has 0 amide bonds. The van der Waals surface area contributed by atoms with Gasteiger partial charge in [-0.15, -0.1) is 0 Å². The van der Waals surface area contributed by atoms with E-state index in [1.165, 1.54) is 7.11 Å². The largest absolute Gasteiger partial charge is 0.455 e. The Morgan fingerprint density at radius 2 is 1.95 bits per heavy atom. The van der Waals surface area contributed by atoms with Crippen molar-refractivity contribution < 1.29 is 43.1 Å². The lowest BCUT2D eigenvalue weighted by Gasteiger charge is -2.59. The van der Waals surface area contributed by atoms with Crippen molar-refractivity contribution in [3.8, 4) is 0 Å². The summed E-state index contributed by atoms with van der Waals surface area (Å²) in [5, 5.41) is 20.7. The SMILES string of the molecule is COCC(=N)[C@H]1OC(=O)[C@H](COC)[C@H]2C=C[C@H]3O[C@H]4C[C@@H]([C@H](O)[C@@H](COC)[C@H]4OC(=O)c4ccc[nH]4)[C@]23/C(C)=C/[C@H]1C. The Hall–Kier alpha value is -2.83. The maximum atomic E-state index is 13.8. The van der Waals surface area contributed by atoms with E-state index >= 15 is 0 Å². The van der Waals surface area contributed by atoms with Crippen LogP contribution in [0.25, 0.3) is 0 Å². The molecule has 2 fully saturated rings. The highest BCUT2D eigenvalue weighted by Crippen LogP contribution is 2.62. The predicted octanol–water partition coefficient (Wildman–Crippen LogP) is 2.56. The van der Waals surface area contributed by atoms with Gasteiger partial charge in [-0.2, -0.15) is 0 Å². The monoisotopic (exact) mass is 586 g/mol. The molecule has 11 heteroatoms. The first-order valence-electron chi connectivity index (χ1n) is 14.5. The van der Waals surface area contributed by atoms with Crippen molar-refractivity contribution in [2.24, 2.45) is 35.0 Å². The number of carbonyl (C=O) groups excluding carboxylic acids is 2. The molecule has 42 heavy (non-hydrogen) atoms. The number of hydrogen-bond donors (Lipinski definition) is 3. The number of ether oxygens (including phenoxy) is 6. The van der Waals surface area contributed by atoms with Crippen molar-refractivity contribution >= 4 is 17.7 Å². The zero-order chi connectivity index (χ0) is 30.2. The summed E-state index contributed by atoms with van der Waals surface area (Å²) in [6.45, 7) is 4.21. The van der Waals surface area contributed by atoms with Gasteiger partial charge in [0.15, 0.2) is 0 Å². The fourth-order valence-corrected chi connectivity index (χ4v) is 7.95. The van der Waals surface area contributed by atoms with E-state index in [2.05, 4.69) is 4.98 Å². The maximum Gasteiger partial charge on any atom is 0.355 e. The first-order valence-corrected chi connectivity index (χ1v) is 14.5. The van der Waals surface area contributed by atoms with Gasteiger partial charge in [0.2, 0.25) is 0 Å². The molecule has 3 N–H and O–H groups in total. The summed E-state index contributed by atoms with van der Waals surface area (Å²) in [5.74, 6) is -3.37. The first-order chi connectivity index (χ1) is 20.2. The number of esters is 2. The van der Waals surface area contributed by atoms with E-state index in [0.29, 0.717) is 12.1 Å². The molecule has 0 aromatic carbocycles. The summed E-state index contributed by atoms with van der Waals surface area (Å²) in [6.07, 6.45) is 4.57. The van der Waals surface area contributed by atoms with Crippen molar-refractivity contribution in [3.05, 3.63) is 47.8 Å². The summed E-state index contributed by atoms with van der Waals surface area (Å²) in [6, 6.07) is 3.35. The molecule has 11 atom stereocenters. The van der Waals surface area contributed by atoms with E-state index in [1.54, 1.807) is 32.5 Å². The molecule has 2 aliphatic heterocycles. The second-order valence-corrected chi connectivity index (χ2v) is 11.9. The molecular formula is C31H42N2O9. The van der Waals surface area contributed by atoms with Gasteiger partial charge in [0.1, 0.15) is 17.9 Å². The number of aliphatic hydroxyl groups excluding tert-OH is 1. The average molecular weight is 587 g/mol. The summed E-state index contributed by atoms with van der Waals surface area (Å²) in [7, 11) is 4.59. The number of cyclic esters (lactones) is 1. The topological polar surface area (TPSA) is 149 Å². The summed E-state index contributed by atoms with van der Waals surface area (Å²) < 4.78 is 35.0. The Labute approximate surface area is 246 Å². The molecule has 0 radical (unpaired) electrons. The molecule has 230 valence electrons. The van der Waals surface area contributed by atoms with Crippen LogP contribution in [-0.4, -0.2) is 99.4 Å². The maximum absolute atomic E-state index is 13.8. The van der Waals surface area contributed by atoms with E-state index < -0.39 is 65.6 Å². The van der Waals surface area contributed by atoms with Gasteiger partial charge in [0, 0.05) is 56.6 Å². The number of methoxy groups -OCH3 is 3. The second kappa shape index (κ2) is 12.4. The lowest BCUT2D eigenvalue weighted by atomic mass is 9.51. The minimum Gasteiger partial charge on any atom is -0.455 e. The molecule has 0 unspecified atom stereocenters. The van der Waals surface area contributed by atoms with Crippen LogP contribution in [-0.2, 0) is 33.2 Å². The molecule has 1 aromatic heterocycles. The minimum atomic E-state index is -0.933. The lowest BCUT2D eigenvalue weighted by molar-refractivity contribution is -0.247. The van der Waals surface area contributed by atoms with Crippen LogP contribution in [0.2, 0.25) is 0 Å². The number of nitrogens with one attached hydrogen (secondary N) is 2. The van der Waals surface area contributed by atoms with Crippen LogP contribution in [0, 0.1) is 40.4 Å². The molecule has 11 nitrogen and oxygen atoms in total. The number of allylic oxidation sites excluding steroid dienone is 1. The van der Waals surface area contributed by atoms with E-state index in [9.17, 15) is 14.7 Å². The number of aromatic amines is 1. The van der Waals surface area contributed by atoms with Crippen molar-refractivity contribution in [1.82, 2.24) is 4.98 Å². The van der Waals surface area contributed by atoms with Gasteiger partial charge >= 0.3 is 11.9 Å². The van der Waals surface area contributed by atoms with E-state index in [0.717, 1.165) is 5.57 Å². The first kappa shape index (κ1) is 30.6. The van der Waals surface area contributed by atoms with Crippen LogP contribution in [0.1, 0.15) is 30.8 Å². The lowest BCUT2D eigenvalue weighted by Crippen LogP contribution is -2.66. The molecule has 4 aliphatic rings. The van der Waals surface area contributed by atoms with Gasteiger partial charge in [-0.05, 0) is 25.5 Å². The summed E-state index contributed by atoms with van der Waals surface area (Å²) >= 11 is 0. The fraction of sp³-hybridized carbons (Fsp3) is 0.645. The van der Waals surface area contributed by atoms with Crippen molar-refractivity contribution in [1.29, 1.82) is 5.41 Å². The highest BCUT2D eigenvalue weighted by atomic mass is 16.6. The number of hydrogen-bond acceptors (Lipinski definition) is 10. The van der Waals surface area contributed by atoms with Gasteiger partial charge < -0.3 is 43.9 Å². The Bertz CT molecular complexity index is 1210. The van der Waals surface area contributed by atoms with E-state index in [4.69, 9.17) is 33.8 Å². The van der Waals surface area contributed by atoms with Gasteiger partial charge in [0.05, 0.1) is 49.8 Å². The van der Waals surface area contributed by atoms with Crippen LogP contribution < -0.4 is 0 Å². The zero-order valence-electron chi connectivity index (χ0n) is 24.8. The van der Waals surface area contributed by atoms with Gasteiger partial charge in [-0.25, -0.2) is 4.79 Å². The Morgan fingerprint density at radius 3 is 2.62 bits per heavy atom. The molecule has 1 saturated carbocycles. The highest BCUT2D eigenvalue weighted by molar-refractivity contribution is 5.90. The van der Waals surface area contributed by atoms with Gasteiger partial charge in [0.25, 0.3) is 0 Å². The molecule has 5 rings (SSSR count). The van der Waals surface area contributed by atoms with Crippen LogP contribution in [0.4, 0.5) is 0 Å². The third-order valence-electron chi connectivity index (χ3n) is 9.64. The molecule has 1 saturated heterocycles. The van der Waals surface area contributed by atoms with Crippen LogP contribution in [0.3, 0.4) is 0 Å². The molecule has 3 heterocycles. The third-order valence-corrected chi connectivity index (χ3v) is 9.64. The number of carbonyl (C=O) groups is 2. The van der Waals surface area contributed by atoms with Gasteiger partial charge in [-0.1, -0.05) is 30.7 Å². The van der Waals surface area contributed by atoms with E-state index in [-0.39, 0.29) is 37.4 Å². The Kier molecular flexibility index (Phi) is 9.05. The Balaban J connectivity index is 1.58. The van der Waals surface area contributed by atoms with Crippen molar-refractivity contribution in [2.45, 2.75) is 50.8 Å². The molecular weight excluding hydrogens is 544 g/mol. The molecule has 1 spiro atoms. The standard InChI is InChI=1S/C31H42N2O9/c1-16-11-17(2)31-20(18(13-37-3)29(35)41-27(16)22(32)15-39-5)8-9-25(31)40-24-12-21(31)26(34)19(14-38-4)28(24)42-30(36)23-7-6-10-33-23/h6-11,16,18-21,24-28,32-34H,12-15H2,1-5H3/b17-11+,32-22?/t16-,18-,19-,20-,21+,24+,25-,26-,27+,28-,31+/m1/s1. The number of fused-ring (bicyclic) bond motifs is 2. The second-order valence-electron chi connectivity index (χ2n) is 11.9. The number of rotatable bonds is 9. The van der Waals surface area contributed by atoms with Crippen LogP contribution >= 0.6 is 0 Å². The van der Waals surface area contributed by atoms with Crippen molar-refractivity contribution in [2.75, 3.05) is 41.2 Å². The number of aromatic nitrogens is 1. The van der Waals surface area contributed by atoms with Gasteiger partial charge in [-0.3, -0.25) is 4.79 Å². The molecule has 2 bridgehead atoms. The smallest absolute Gasteiger partial charge is 0.355 e. The Morgan fingerprint density at radius 1 is 1.19 bits per heavy atom. The molecule has 2 aliphatic carbocycles. The van der Waals surface area contributed by atoms with Crippen LogP contribution in [0.15, 0.2) is 42.1 Å². The predicted molar refractivity (Wildman–Crippen MR) is 151 cm³/mol. The van der Waals surface area contributed by atoms with Crippen molar-refractivity contribution in [3.63, 3.8) is 0 Å². The number of H-pyrrole nitrogens is 1. The molecule has 1 aromatic rings. The quantitative estimate of drug-likeness (QED) is 0.225. The van der Waals surface area contributed by atoms with E-state index in [1.807, 2.05) is 32.1 Å². The van der Waals surface area contributed by atoms with Crippen LogP contribution in [0.5, 0.6) is 0 Å². The highest BCUT2D eigenvalue weighted by Gasteiger charge is 2.67. The normalized spacial score (nSPS) is 40.4.